The summed E-state index contributed by atoms with van der Waals surface area (Å²) in [4.78, 5) is 0. The van der Waals surface area contributed by atoms with Crippen LogP contribution < -0.4 is 5.32 Å². The molecule has 0 atom stereocenters. The highest BCUT2D eigenvalue weighted by Gasteiger charge is 2.24. The van der Waals surface area contributed by atoms with Crippen LogP contribution in [-0.2, 0) is 6.42 Å². The molecule has 0 saturated heterocycles. The zero-order valence-electron chi connectivity index (χ0n) is 12.2. The summed E-state index contributed by atoms with van der Waals surface area (Å²) in [7, 11) is 0. The van der Waals surface area contributed by atoms with Gasteiger partial charge in [0.25, 0.3) is 0 Å². The Hall–Kier alpha value is -2.07. The van der Waals surface area contributed by atoms with Gasteiger partial charge in [-0.3, -0.25) is 0 Å². The van der Waals surface area contributed by atoms with Gasteiger partial charge in [-0.05, 0) is 48.9 Å². The van der Waals surface area contributed by atoms with Gasteiger partial charge in [-0.2, -0.15) is 16.4 Å². The maximum atomic E-state index is 4.91. The zero-order valence-corrected chi connectivity index (χ0v) is 13.0. The molecule has 0 saturated carbocycles. The third-order valence-corrected chi connectivity index (χ3v) is 4.72. The summed E-state index contributed by atoms with van der Waals surface area (Å²) < 4.78 is 2.08. The first-order valence-electron chi connectivity index (χ1n) is 7.20. The molecule has 3 aromatic rings. The van der Waals surface area contributed by atoms with E-state index in [-0.39, 0.29) is 0 Å². The number of nitrogens with zero attached hydrogens (tertiary/aromatic N) is 2. The Kier molecular flexibility index (Phi) is 2.86. The molecule has 0 unspecified atom stereocenters. The van der Waals surface area contributed by atoms with Crippen molar-refractivity contribution in [2.24, 2.45) is 0 Å². The van der Waals surface area contributed by atoms with Crippen LogP contribution in [0.25, 0.3) is 16.9 Å². The van der Waals surface area contributed by atoms with E-state index in [1.54, 1.807) is 11.3 Å². The standard InChI is InChI=1S/C17H17N3S/c1-11-3-4-12(2)15(9-11)20-17-14(5-7-18-17)16(19-20)13-6-8-21-10-13/h3-4,6,8-10,18H,5,7H2,1-2H3. The van der Waals surface area contributed by atoms with Gasteiger partial charge in [-0.1, -0.05) is 12.1 Å². The molecular weight excluding hydrogens is 278 g/mol. The summed E-state index contributed by atoms with van der Waals surface area (Å²) in [6.45, 7) is 5.26. The molecule has 3 heterocycles. The van der Waals surface area contributed by atoms with Crippen molar-refractivity contribution in [3.8, 4) is 16.9 Å². The quantitative estimate of drug-likeness (QED) is 0.768. The van der Waals surface area contributed by atoms with E-state index >= 15 is 0 Å². The Balaban J connectivity index is 1.95. The average molecular weight is 295 g/mol. The fourth-order valence-corrected chi connectivity index (χ4v) is 3.57. The summed E-state index contributed by atoms with van der Waals surface area (Å²) in [5, 5.41) is 12.7. The molecule has 21 heavy (non-hydrogen) atoms. The first kappa shape index (κ1) is 12.7. The predicted octanol–water partition coefficient (Wildman–Crippen LogP) is 4.19. The van der Waals surface area contributed by atoms with Crippen LogP contribution in [-0.4, -0.2) is 16.3 Å². The Morgan fingerprint density at radius 2 is 2.14 bits per heavy atom. The third kappa shape index (κ3) is 1.98. The molecule has 1 N–H and O–H groups in total. The monoisotopic (exact) mass is 295 g/mol. The number of fused-ring (bicyclic) bond motifs is 1. The van der Waals surface area contributed by atoms with Crippen molar-refractivity contribution in [1.29, 1.82) is 0 Å². The SMILES string of the molecule is Cc1ccc(C)c(-n2nc(-c3ccsc3)c3c2NCC3)c1. The lowest BCUT2D eigenvalue weighted by atomic mass is 10.1. The molecule has 0 spiro atoms. The lowest BCUT2D eigenvalue weighted by Crippen LogP contribution is -2.05. The van der Waals surface area contributed by atoms with E-state index in [1.807, 2.05) is 0 Å². The van der Waals surface area contributed by atoms with Gasteiger partial charge in [-0.25, -0.2) is 4.68 Å². The molecule has 1 aliphatic rings. The lowest BCUT2D eigenvalue weighted by Gasteiger charge is -2.10. The molecule has 1 aromatic carbocycles. The number of nitrogens with one attached hydrogen (secondary N) is 1. The minimum absolute atomic E-state index is 0.995. The summed E-state index contributed by atoms with van der Waals surface area (Å²) in [5.41, 5.74) is 7.36. The highest BCUT2D eigenvalue weighted by molar-refractivity contribution is 7.08. The number of benzene rings is 1. The van der Waals surface area contributed by atoms with Crippen LogP contribution in [0.2, 0.25) is 0 Å². The van der Waals surface area contributed by atoms with E-state index < -0.39 is 0 Å². The second-order valence-corrected chi connectivity index (χ2v) is 6.35. The Morgan fingerprint density at radius 1 is 1.24 bits per heavy atom. The molecule has 3 nitrogen and oxygen atoms in total. The van der Waals surface area contributed by atoms with Crippen molar-refractivity contribution >= 4 is 17.2 Å². The van der Waals surface area contributed by atoms with Gasteiger partial charge in [0.15, 0.2) is 0 Å². The van der Waals surface area contributed by atoms with Crippen molar-refractivity contribution in [2.45, 2.75) is 20.3 Å². The number of aromatic nitrogens is 2. The predicted molar refractivity (Wildman–Crippen MR) is 88.5 cm³/mol. The maximum absolute atomic E-state index is 4.91. The number of aryl methyl sites for hydroxylation is 2. The van der Waals surface area contributed by atoms with Crippen molar-refractivity contribution in [3.63, 3.8) is 0 Å². The topological polar surface area (TPSA) is 29.9 Å². The fourth-order valence-electron chi connectivity index (χ4n) is 2.93. The summed E-state index contributed by atoms with van der Waals surface area (Å²) in [5.74, 6) is 1.16. The van der Waals surface area contributed by atoms with Crippen molar-refractivity contribution < 1.29 is 0 Å². The number of thiophene rings is 1. The zero-order chi connectivity index (χ0) is 14.4. The van der Waals surface area contributed by atoms with Crippen LogP contribution in [0.5, 0.6) is 0 Å². The van der Waals surface area contributed by atoms with E-state index in [9.17, 15) is 0 Å². The van der Waals surface area contributed by atoms with Gasteiger partial charge in [0.2, 0.25) is 0 Å². The second kappa shape index (κ2) is 4.74. The number of rotatable bonds is 2. The Morgan fingerprint density at radius 3 is 2.95 bits per heavy atom. The third-order valence-electron chi connectivity index (χ3n) is 4.04. The van der Waals surface area contributed by atoms with E-state index in [4.69, 9.17) is 5.10 Å². The molecule has 4 heteroatoms. The molecule has 0 amide bonds. The van der Waals surface area contributed by atoms with Gasteiger partial charge in [-0.15, -0.1) is 0 Å². The Bertz CT molecular complexity index is 800. The van der Waals surface area contributed by atoms with Crippen LogP contribution in [0, 0.1) is 13.8 Å². The minimum Gasteiger partial charge on any atom is -0.369 e. The van der Waals surface area contributed by atoms with Crippen molar-refractivity contribution in [1.82, 2.24) is 9.78 Å². The molecular formula is C17H17N3S. The number of hydrogen-bond acceptors (Lipinski definition) is 3. The van der Waals surface area contributed by atoms with Crippen molar-refractivity contribution in [2.75, 3.05) is 11.9 Å². The second-order valence-electron chi connectivity index (χ2n) is 5.57. The molecule has 2 aromatic heterocycles. The average Bonchev–Trinajstić information content (AvgIpc) is 3.16. The summed E-state index contributed by atoms with van der Waals surface area (Å²) in [6, 6.07) is 8.67. The molecule has 0 aliphatic carbocycles. The molecule has 0 radical (unpaired) electrons. The van der Waals surface area contributed by atoms with Gasteiger partial charge in [0.05, 0.1) is 11.4 Å². The van der Waals surface area contributed by atoms with E-state index in [1.165, 1.54) is 27.9 Å². The van der Waals surface area contributed by atoms with Crippen LogP contribution in [0.1, 0.15) is 16.7 Å². The highest BCUT2D eigenvalue weighted by Crippen LogP contribution is 2.36. The largest absolute Gasteiger partial charge is 0.369 e. The van der Waals surface area contributed by atoms with Gasteiger partial charge in [0, 0.05) is 23.1 Å². The molecule has 4 rings (SSSR count). The Labute approximate surface area is 128 Å². The van der Waals surface area contributed by atoms with E-state index in [0.29, 0.717) is 0 Å². The van der Waals surface area contributed by atoms with E-state index in [0.717, 1.165) is 24.5 Å². The molecule has 106 valence electrons. The first-order chi connectivity index (χ1) is 10.2. The normalized spacial score (nSPS) is 13.2. The molecule has 0 fully saturated rings. The van der Waals surface area contributed by atoms with Crippen molar-refractivity contribution in [3.05, 3.63) is 51.7 Å². The molecule has 1 aliphatic heterocycles. The van der Waals surface area contributed by atoms with Gasteiger partial charge in [0.1, 0.15) is 5.82 Å². The number of anilines is 1. The fraction of sp³-hybridized carbons (Fsp3) is 0.235. The number of hydrogen-bond donors (Lipinski definition) is 1. The van der Waals surface area contributed by atoms with Crippen LogP contribution in [0.4, 0.5) is 5.82 Å². The molecule has 0 bridgehead atoms. The van der Waals surface area contributed by atoms with Gasteiger partial charge >= 0.3 is 0 Å². The first-order valence-corrected chi connectivity index (χ1v) is 8.14. The minimum atomic E-state index is 0.995. The van der Waals surface area contributed by atoms with Gasteiger partial charge < -0.3 is 5.32 Å². The van der Waals surface area contributed by atoms with E-state index in [2.05, 4.69) is 58.9 Å². The summed E-state index contributed by atoms with van der Waals surface area (Å²) >= 11 is 1.72. The van der Waals surface area contributed by atoms with Crippen LogP contribution in [0.3, 0.4) is 0 Å². The highest BCUT2D eigenvalue weighted by atomic mass is 32.1. The maximum Gasteiger partial charge on any atom is 0.133 e. The smallest absolute Gasteiger partial charge is 0.133 e. The van der Waals surface area contributed by atoms with Crippen LogP contribution in [0.15, 0.2) is 35.0 Å². The van der Waals surface area contributed by atoms with Crippen LogP contribution >= 0.6 is 11.3 Å². The summed E-state index contributed by atoms with van der Waals surface area (Å²) in [6.07, 6.45) is 1.05. The lowest BCUT2D eigenvalue weighted by molar-refractivity contribution is 0.874.